The summed E-state index contributed by atoms with van der Waals surface area (Å²) in [5.41, 5.74) is -0.950. The van der Waals surface area contributed by atoms with Gasteiger partial charge >= 0.3 is 0 Å². The van der Waals surface area contributed by atoms with Gasteiger partial charge in [0.25, 0.3) is 0 Å². The highest BCUT2D eigenvalue weighted by atomic mass is 19.2. The summed E-state index contributed by atoms with van der Waals surface area (Å²) in [4.78, 5) is 0. The fraction of sp³-hybridized carbons (Fsp3) is 0.459. The number of unbranched alkanes of at least 4 members (excludes halogenated alkanes) is 2. The minimum absolute atomic E-state index is 0.167. The second-order valence-electron chi connectivity index (χ2n) is 12.7. The van der Waals surface area contributed by atoms with E-state index in [1.54, 1.807) is 6.07 Å². The molecule has 3 aromatic carbocycles. The van der Waals surface area contributed by atoms with Crippen LogP contribution < -0.4 is 0 Å². The zero-order chi connectivity index (χ0) is 31.4. The van der Waals surface area contributed by atoms with Gasteiger partial charge in [0.1, 0.15) is 11.6 Å². The first-order valence-corrected chi connectivity index (χ1v) is 16.0. The van der Waals surface area contributed by atoms with Crippen molar-refractivity contribution in [3.8, 4) is 11.1 Å². The molecule has 5 rings (SSSR count). The molecular formula is C37H39F7. The zero-order valence-electron chi connectivity index (χ0n) is 25.1. The first kappa shape index (κ1) is 32.3. The van der Waals surface area contributed by atoms with E-state index in [1.165, 1.54) is 63.5 Å². The lowest BCUT2D eigenvalue weighted by molar-refractivity contribution is 0.155. The summed E-state index contributed by atoms with van der Waals surface area (Å²) in [6, 6.07) is 8.00. The van der Waals surface area contributed by atoms with Crippen molar-refractivity contribution in [1.29, 1.82) is 0 Å². The average Bonchev–Trinajstić information content (AvgIpc) is 3.03. The molecule has 0 bridgehead atoms. The first-order valence-electron chi connectivity index (χ1n) is 16.0. The lowest BCUT2D eigenvalue weighted by Gasteiger charge is -2.38. The minimum Gasteiger partial charge on any atom is -0.206 e. The van der Waals surface area contributed by atoms with Gasteiger partial charge in [-0.3, -0.25) is 0 Å². The minimum atomic E-state index is -1.70. The van der Waals surface area contributed by atoms with Gasteiger partial charge < -0.3 is 0 Å². The third-order valence-electron chi connectivity index (χ3n) is 9.96. The van der Waals surface area contributed by atoms with Gasteiger partial charge in [0.05, 0.1) is 0 Å². The number of rotatable bonds is 9. The van der Waals surface area contributed by atoms with Crippen molar-refractivity contribution in [3.05, 3.63) is 94.3 Å². The van der Waals surface area contributed by atoms with E-state index in [4.69, 9.17) is 0 Å². The molecular weight excluding hydrogens is 577 g/mol. The third kappa shape index (κ3) is 7.24. The molecule has 0 nitrogen and oxygen atoms in total. The monoisotopic (exact) mass is 616 g/mol. The smallest absolute Gasteiger partial charge is 0.194 e. The molecule has 0 amide bonds. The van der Waals surface area contributed by atoms with E-state index < -0.39 is 51.9 Å². The number of benzene rings is 3. The van der Waals surface area contributed by atoms with Gasteiger partial charge in [-0.2, -0.15) is 0 Å². The molecule has 0 N–H and O–H groups in total. The van der Waals surface area contributed by atoms with Gasteiger partial charge in [0, 0.05) is 16.7 Å². The van der Waals surface area contributed by atoms with E-state index in [-0.39, 0.29) is 17.0 Å². The summed E-state index contributed by atoms with van der Waals surface area (Å²) in [5.74, 6) is -7.15. The quantitative estimate of drug-likeness (QED) is 0.0971. The molecule has 0 aliphatic heterocycles. The van der Waals surface area contributed by atoms with Crippen LogP contribution in [0.5, 0.6) is 0 Å². The van der Waals surface area contributed by atoms with Crippen molar-refractivity contribution in [1.82, 2.24) is 0 Å². The maximum Gasteiger partial charge on any atom is 0.194 e. The summed E-state index contributed by atoms with van der Waals surface area (Å²) in [7, 11) is 0. The van der Waals surface area contributed by atoms with Crippen LogP contribution in [0.2, 0.25) is 0 Å². The van der Waals surface area contributed by atoms with Crippen molar-refractivity contribution in [3.63, 3.8) is 0 Å². The van der Waals surface area contributed by atoms with Crippen molar-refractivity contribution < 1.29 is 30.7 Å². The Morgan fingerprint density at radius 2 is 1.27 bits per heavy atom. The highest BCUT2D eigenvalue weighted by molar-refractivity contribution is 5.84. The van der Waals surface area contributed by atoms with Gasteiger partial charge in [0.15, 0.2) is 29.1 Å². The van der Waals surface area contributed by atoms with Crippen LogP contribution in [0.25, 0.3) is 22.8 Å². The lowest BCUT2D eigenvalue weighted by atomic mass is 9.68. The number of halogens is 7. The van der Waals surface area contributed by atoms with E-state index in [9.17, 15) is 17.6 Å². The Kier molecular flexibility index (Phi) is 10.5. The summed E-state index contributed by atoms with van der Waals surface area (Å²) in [6.07, 6.45) is 14.7. The molecule has 236 valence electrons. The number of hydrogen-bond acceptors (Lipinski definition) is 0. The van der Waals surface area contributed by atoms with Crippen LogP contribution in [0.15, 0.2) is 48.5 Å². The molecule has 0 atom stereocenters. The van der Waals surface area contributed by atoms with Gasteiger partial charge in [-0.25, -0.2) is 30.7 Å². The highest BCUT2D eigenvalue weighted by Gasteiger charge is 2.31. The predicted molar refractivity (Wildman–Crippen MR) is 161 cm³/mol. The Bertz CT molecular complexity index is 1450. The van der Waals surface area contributed by atoms with Gasteiger partial charge in [0.2, 0.25) is 0 Å². The molecule has 0 radical (unpaired) electrons. The van der Waals surface area contributed by atoms with E-state index in [0.29, 0.717) is 24.1 Å². The van der Waals surface area contributed by atoms with Gasteiger partial charge in [-0.15, -0.1) is 0 Å². The summed E-state index contributed by atoms with van der Waals surface area (Å²) in [5, 5.41) is 0. The third-order valence-corrected chi connectivity index (χ3v) is 9.96. The van der Waals surface area contributed by atoms with Crippen LogP contribution in [-0.4, -0.2) is 0 Å². The molecule has 0 heterocycles. The van der Waals surface area contributed by atoms with Crippen LogP contribution in [-0.2, 0) is 0 Å². The summed E-state index contributed by atoms with van der Waals surface area (Å²) < 4.78 is 101. The van der Waals surface area contributed by atoms with Crippen molar-refractivity contribution in [2.24, 2.45) is 17.8 Å². The predicted octanol–water partition coefficient (Wildman–Crippen LogP) is 12.5. The topological polar surface area (TPSA) is 0 Å². The summed E-state index contributed by atoms with van der Waals surface area (Å²) >= 11 is 0. The molecule has 0 spiro atoms. The Labute approximate surface area is 255 Å². The molecule has 2 fully saturated rings. The van der Waals surface area contributed by atoms with Crippen LogP contribution in [0.4, 0.5) is 30.7 Å². The molecule has 3 aromatic rings. The Balaban J connectivity index is 1.22. The van der Waals surface area contributed by atoms with Crippen LogP contribution >= 0.6 is 0 Å². The largest absolute Gasteiger partial charge is 0.206 e. The molecule has 2 saturated carbocycles. The van der Waals surface area contributed by atoms with E-state index in [0.717, 1.165) is 55.2 Å². The Hall–Kier alpha value is -3.09. The fourth-order valence-corrected chi connectivity index (χ4v) is 7.36. The maximum atomic E-state index is 15.1. The Morgan fingerprint density at radius 3 is 1.86 bits per heavy atom. The van der Waals surface area contributed by atoms with E-state index in [2.05, 4.69) is 6.92 Å². The molecule has 2 aliphatic rings. The molecule has 7 heteroatoms. The average molecular weight is 617 g/mol. The van der Waals surface area contributed by atoms with Crippen LogP contribution in [0.1, 0.15) is 107 Å². The first-order chi connectivity index (χ1) is 21.2. The zero-order valence-corrected chi connectivity index (χ0v) is 25.1. The van der Waals surface area contributed by atoms with E-state index >= 15 is 13.2 Å². The van der Waals surface area contributed by atoms with Crippen molar-refractivity contribution in [2.45, 2.75) is 89.9 Å². The van der Waals surface area contributed by atoms with Gasteiger partial charge in [-0.05, 0) is 104 Å². The second-order valence-corrected chi connectivity index (χ2v) is 12.7. The van der Waals surface area contributed by atoms with Crippen LogP contribution in [0.3, 0.4) is 0 Å². The molecule has 0 unspecified atom stereocenters. The second kappa shape index (κ2) is 14.3. The standard InChI is InChI=1S/C37H39F7/c1-2-3-4-5-22-6-8-23(9-7-22)24-10-12-25(13-11-24)26-14-17-30(32(39)18-26)36(43)35(42)27-15-16-29(31(38)19-27)28-20-33(40)37(44)34(41)21-28/h14-25H,2-13H2,1H3/b36-35+. The summed E-state index contributed by atoms with van der Waals surface area (Å²) in [6.45, 7) is 2.24. The van der Waals surface area contributed by atoms with Gasteiger partial charge in [-0.1, -0.05) is 63.6 Å². The maximum absolute atomic E-state index is 15.1. The van der Waals surface area contributed by atoms with E-state index in [1.807, 2.05) is 0 Å². The molecule has 44 heavy (non-hydrogen) atoms. The van der Waals surface area contributed by atoms with Crippen molar-refractivity contribution in [2.75, 3.05) is 0 Å². The fourth-order valence-electron chi connectivity index (χ4n) is 7.36. The molecule has 2 aliphatic carbocycles. The van der Waals surface area contributed by atoms with Crippen molar-refractivity contribution >= 4 is 11.7 Å². The molecule has 0 aromatic heterocycles. The lowest BCUT2D eigenvalue weighted by Crippen LogP contribution is -2.25. The molecule has 0 saturated heterocycles. The van der Waals surface area contributed by atoms with Crippen LogP contribution in [0, 0.1) is 46.8 Å². The Morgan fingerprint density at radius 1 is 0.636 bits per heavy atom. The number of hydrogen-bond donors (Lipinski definition) is 0. The normalized spacial score (nSPS) is 23.0. The SMILES string of the molecule is CCCCCC1CCC(C2CCC(c3ccc(/C(F)=C(\F)c4ccc(-c5cc(F)c(F)c(F)c5)c(F)c4)c(F)c3)CC2)CC1. The highest BCUT2D eigenvalue weighted by Crippen LogP contribution is 2.45.